The molecule has 8 heteroatoms. The molecule has 1 heterocycles. The topological polar surface area (TPSA) is 87.7 Å². The number of nitrogens with zero attached hydrogens (tertiary/aromatic N) is 1. The summed E-state index contributed by atoms with van der Waals surface area (Å²) in [4.78, 5) is 15.3. The Morgan fingerprint density at radius 2 is 1.66 bits per heavy atom. The van der Waals surface area contributed by atoms with Crippen molar-refractivity contribution in [1.29, 1.82) is 0 Å². The Morgan fingerprint density at radius 3 is 2.40 bits per heavy atom. The standard InChI is InChI=1S/C27H31N3O4S/c1-34-25-11-5-9-22(17-25)20-30-15-13-24(14-16-30)29-27(31)23-10-6-12-26(18-23)35(32,33)28-19-21-7-3-2-4-8-21/h2-12,17-18,24,28H,13-16,19-20H2,1H3,(H,29,31). The molecule has 0 radical (unpaired) electrons. The Bertz CT molecular complexity index is 1240. The fourth-order valence-corrected chi connectivity index (χ4v) is 5.26. The summed E-state index contributed by atoms with van der Waals surface area (Å²) in [6.45, 7) is 2.78. The molecule has 0 aliphatic carbocycles. The monoisotopic (exact) mass is 493 g/mol. The molecule has 4 rings (SSSR count). The van der Waals surface area contributed by atoms with E-state index in [0.717, 1.165) is 43.8 Å². The second kappa shape index (κ2) is 11.5. The van der Waals surface area contributed by atoms with Gasteiger partial charge in [0.1, 0.15) is 5.75 Å². The van der Waals surface area contributed by atoms with Crippen LogP contribution in [0.25, 0.3) is 0 Å². The minimum Gasteiger partial charge on any atom is -0.497 e. The van der Waals surface area contributed by atoms with Crippen molar-refractivity contribution in [2.24, 2.45) is 0 Å². The first kappa shape index (κ1) is 24.9. The van der Waals surface area contributed by atoms with Crippen LogP contribution in [0.5, 0.6) is 5.75 Å². The van der Waals surface area contributed by atoms with Crippen molar-refractivity contribution in [2.45, 2.75) is 36.9 Å². The number of hydrogen-bond donors (Lipinski definition) is 2. The summed E-state index contributed by atoms with van der Waals surface area (Å²) >= 11 is 0. The first-order chi connectivity index (χ1) is 16.9. The number of carbonyl (C=O) groups is 1. The molecule has 1 saturated heterocycles. The third kappa shape index (κ3) is 6.91. The van der Waals surface area contributed by atoms with Crippen LogP contribution in [0, 0.1) is 0 Å². The Morgan fingerprint density at radius 1 is 0.943 bits per heavy atom. The minimum absolute atomic E-state index is 0.0560. The van der Waals surface area contributed by atoms with Crippen LogP contribution in [0.1, 0.15) is 34.3 Å². The number of sulfonamides is 1. The van der Waals surface area contributed by atoms with Gasteiger partial charge in [0.25, 0.3) is 5.91 Å². The summed E-state index contributed by atoms with van der Waals surface area (Å²) in [6, 6.07) is 23.6. The van der Waals surface area contributed by atoms with Gasteiger partial charge in [0.05, 0.1) is 12.0 Å². The lowest BCUT2D eigenvalue weighted by Crippen LogP contribution is -2.44. The number of amides is 1. The second-order valence-electron chi connectivity index (χ2n) is 8.71. The van der Waals surface area contributed by atoms with Gasteiger partial charge in [-0.3, -0.25) is 9.69 Å². The van der Waals surface area contributed by atoms with Gasteiger partial charge in [0.15, 0.2) is 0 Å². The van der Waals surface area contributed by atoms with E-state index in [-0.39, 0.29) is 23.4 Å². The van der Waals surface area contributed by atoms with Crippen LogP contribution in [0.2, 0.25) is 0 Å². The summed E-state index contributed by atoms with van der Waals surface area (Å²) in [7, 11) is -2.07. The third-order valence-electron chi connectivity index (χ3n) is 6.18. The SMILES string of the molecule is COc1cccc(CN2CCC(NC(=O)c3cccc(S(=O)(=O)NCc4ccccc4)c3)CC2)c1. The number of likely N-dealkylation sites (tertiary alicyclic amines) is 1. The second-order valence-corrected chi connectivity index (χ2v) is 10.5. The lowest BCUT2D eigenvalue weighted by Gasteiger charge is -2.32. The molecule has 7 nitrogen and oxygen atoms in total. The number of rotatable bonds is 9. The van der Waals surface area contributed by atoms with E-state index in [9.17, 15) is 13.2 Å². The van der Waals surface area contributed by atoms with Gasteiger partial charge in [-0.15, -0.1) is 0 Å². The van der Waals surface area contributed by atoms with Crippen molar-refractivity contribution >= 4 is 15.9 Å². The maximum absolute atomic E-state index is 12.9. The molecule has 3 aromatic rings. The highest BCUT2D eigenvalue weighted by Crippen LogP contribution is 2.18. The van der Waals surface area contributed by atoms with E-state index in [1.54, 1.807) is 19.2 Å². The van der Waals surface area contributed by atoms with E-state index in [2.05, 4.69) is 21.0 Å². The van der Waals surface area contributed by atoms with Gasteiger partial charge in [-0.1, -0.05) is 48.5 Å². The lowest BCUT2D eigenvalue weighted by molar-refractivity contribution is 0.0908. The molecule has 35 heavy (non-hydrogen) atoms. The number of carbonyl (C=O) groups excluding carboxylic acids is 1. The van der Waals surface area contributed by atoms with E-state index in [0.29, 0.717) is 5.56 Å². The van der Waals surface area contributed by atoms with Crippen LogP contribution in [0.15, 0.2) is 83.8 Å². The molecule has 0 unspecified atom stereocenters. The zero-order valence-electron chi connectivity index (χ0n) is 19.8. The Kier molecular flexibility index (Phi) is 8.17. The van der Waals surface area contributed by atoms with Crippen LogP contribution in [-0.2, 0) is 23.1 Å². The molecule has 0 saturated carbocycles. The maximum atomic E-state index is 12.9. The average molecular weight is 494 g/mol. The first-order valence-corrected chi connectivity index (χ1v) is 13.2. The van der Waals surface area contributed by atoms with E-state index in [4.69, 9.17) is 4.74 Å². The molecule has 3 aromatic carbocycles. The van der Waals surface area contributed by atoms with Gasteiger partial charge in [-0.05, 0) is 54.3 Å². The molecular formula is C27H31N3O4S. The first-order valence-electron chi connectivity index (χ1n) is 11.7. The molecule has 1 fully saturated rings. The highest BCUT2D eigenvalue weighted by Gasteiger charge is 2.22. The molecule has 184 valence electrons. The van der Waals surface area contributed by atoms with Crippen LogP contribution >= 0.6 is 0 Å². The van der Waals surface area contributed by atoms with Gasteiger partial charge >= 0.3 is 0 Å². The summed E-state index contributed by atoms with van der Waals surface area (Å²) < 4.78 is 33.4. The van der Waals surface area contributed by atoms with Gasteiger partial charge in [-0.2, -0.15) is 0 Å². The molecule has 1 aliphatic heterocycles. The normalized spacial score (nSPS) is 15.0. The van der Waals surface area contributed by atoms with E-state index < -0.39 is 10.0 Å². The number of hydrogen-bond acceptors (Lipinski definition) is 5. The molecule has 0 spiro atoms. The number of methoxy groups -OCH3 is 1. The van der Waals surface area contributed by atoms with Crippen molar-refractivity contribution in [3.63, 3.8) is 0 Å². The highest BCUT2D eigenvalue weighted by molar-refractivity contribution is 7.89. The van der Waals surface area contributed by atoms with Crippen molar-refractivity contribution in [3.05, 3.63) is 95.6 Å². The van der Waals surface area contributed by atoms with Crippen molar-refractivity contribution < 1.29 is 17.9 Å². The zero-order chi connectivity index (χ0) is 24.7. The predicted octanol–water partition coefficient (Wildman–Crippen LogP) is 3.57. The van der Waals surface area contributed by atoms with E-state index >= 15 is 0 Å². The number of ether oxygens (including phenoxy) is 1. The zero-order valence-corrected chi connectivity index (χ0v) is 20.6. The molecule has 1 amide bonds. The predicted molar refractivity (Wildman–Crippen MR) is 136 cm³/mol. The quantitative estimate of drug-likeness (QED) is 0.476. The maximum Gasteiger partial charge on any atom is 0.251 e. The smallest absolute Gasteiger partial charge is 0.251 e. The summed E-state index contributed by atoms with van der Waals surface area (Å²) in [5.74, 6) is 0.598. The fourth-order valence-electron chi connectivity index (χ4n) is 4.20. The van der Waals surface area contributed by atoms with Crippen LogP contribution < -0.4 is 14.8 Å². The Hall–Kier alpha value is -3.20. The van der Waals surface area contributed by atoms with Crippen molar-refractivity contribution in [2.75, 3.05) is 20.2 Å². The number of benzene rings is 3. The molecule has 0 bridgehead atoms. The highest BCUT2D eigenvalue weighted by atomic mass is 32.2. The number of piperidine rings is 1. The van der Waals surface area contributed by atoms with Gasteiger partial charge in [0.2, 0.25) is 10.0 Å². The van der Waals surface area contributed by atoms with Crippen LogP contribution in [0.4, 0.5) is 0 Å². The van der Waals surface area contributed by atoms with Gasteiger partial charge in [-0.25, -0.2) is 13.1 Å². The average Bonchev–Trinajstić information content (AvgIpc) is 2.89. The lowest BCUT2D eigenvalue weighted by atomic mass is 10.0. The molecule has 0 atom stereocenters. The summed E-state index contributed by atoms with van der Waals surface area (Å²) in [5, 5.41) is 3.07. The van der Waals surface area contributed by atoms with Crippen molar-refractivity contribution in [1.82, 2.24) is 14.9 Å². The number of nitrogens with one attached hydrogen (secondary N) is 2. The van der Waals surface area contributed by atoms with Crippen LogP contribution in [0.3, 0.4) is 0 Å². The fraction of sp³-hybridized carbons (Fsp3) is 0.296. The van der Waals surface area contributed by atoms with Gasteiger partial charge in [0, 0.05) is 37.8 Å². The Balaban J connectivity index is 1.30. The molecule has 0 aromatic heterocycles. The Labute approximate surface area is 207 Å². The molecular weight excluding hydrogens is 462 g/mol. The minimum atomic E-state index is -3.74. The van der Waals surface area contributed by atoms with Gasteiger partial charge < -0.3 is 10.1 Å². The van der Waals surface area contributed by atoms with E-state index in [1.165, 1.54) is 17.7 Å². The molecule has 1 aliphatic rings. The van der Waals surface area contributed by atoms with Crippen molar-refractivity contribution in [3.8, 4) is 5.75 Å². The van der Waals surface area contributed by atoms with E-state index in [1.807, 2.05) is 48.5 Å². The molecule has 2 N–H and O–H groups in total. The summed E-state index contributed by atoms with van der Waals surface area (Å²) in [5.41, 5.74) is 2.40. The largest absolute Gasteiger partial charge is 0.497 e. The summed E-state index contributed by atoms with van der Waals surface area (Å²) in [6.07, 6.45) is 1.68. The van der Waals surface area contributed by atoms with Crippen LogP contribution in [-0.4, -0.2) is 45.5 Å². The third-order valence-corrected chi connectivity index (χ3v) is 7.58.